The quantitative estimate of drug-likeness (QED) is 0.874. The molecule has 1 N–H and O–H groups in total. The van der Waals surface area contributed by atoms with Crippen molar-refractivity contribution in [2.45, 2.75) is 24.7 Å². The van der Waals surface area contributed by atoms with Crippen LogP contribution in [0.1, 0.15) is 24.8 Å². The minimum atomic E-state index is 0.182. The number of hydrogen-bond donors (Lipinski definition) is 1. The molecule has 2 aromatic rings. The molecular formula is C20H24ClN3O. The van der Waals surface area contributed by atoms with E-state index >= 15 is 0 Å². The van der Waals surface area contributed by atoms with Crippen molar-refractivity contribution in [1.82, 2.24) is 4.98 Å². The molecule has 2 aliphatic rings. The number of ether oxygens (including phenoxy) is 1. The molecule has 5 heteroatoms. The summed E-state index contributed by atoms with van der Waals surface area (Å²) in [6.45, 7) is 4.37. The molecule has 4 nitrogen and oxygen atoms in total. The maximum Gasteiger partial charge on any atom is 0.127 e. The van der Waals surface area contributed by atoms with Gasteiger partial charge in [0.1, 0.15) is 5.82 Å². The molecule has 25 heavy (non-hydrogen) atoms. The predicted molar refractivity (Wildman–Crippen MR) is 103 cm³/mol. The molecule has 132 valence electrons. The predicted octanol–water partition coefficient (Wildman–Crippen LogP) is 4.11. The number of morpholine rings is 1. The highest BCUT2D eigenvalue weighted by atomic mass is 35.5. The summed E-state index contributed by atoms with van der Waals surface area (Å²) in [5.41, 5.74) is 2.73. The first-order chi connectivity index (χ1) is 12.3. The molecule has 0 spiro atoms. The number of benzene rings is 1. The van der Waals surface area contributed by atoms with E-state index in [9.17, 15) is 0 Å². The summed E-state index contributed by atoms with van der Waals surface area (Å²) in [4.78, 5) is 6.87. The molecule has 1 aromatic carbocycles. The Morgan fingerprint density at radius 3 is 2.72 bits per heavy atom. The van der Waals surface area contributed by atoms with Gasteiger partial charge in [-0.25, -0.2) is 4.98 Å². The van der Waals surface area contributed by atoms with Crippen molar-refractivity contribution in [2.75, 3.05) is 43.1 Å². The fourth-order valence-electron chi connectivity index (χ4n) is 3.78. The standard InChI is InChI=1S/C20H24ClN3O/c21-17-4-1-3-16(13-17)20(6-2-7-20)15-23-19-14-18(5-8-22-19)24-9-11-25-12-10-24/h1,3-5,8,13-14H,2,6-7,9-12,15H2,(H,22,23). The number of rotatable bonds is 5. The molecule has 1 aromatic heterocycles. The normalized spacial score (nSPS) is 19.3. The Bertz CT molecular complexity index is 726. The molecule has 1 saturated heterocycles. The first kappa shape index (κ1) is 16.7. The van der Waals surface area contributed by atoms with Crippen molar-refractivity contribution < 1.29 is 4.74 Å². The molecule has 0 radical (unpaired) electrons. The summed E-state index contributed by atoms with van der Waals surface area (Å²) in [6.07, 6.45) is 5.56. The minimum Gasteiger partial charge on any atom is -0.378 e. The van der Waals surface area contributed by atoms with E-state index in [0.29, 0.717) is 0 Å². The summed E-state index contributed by atoms with van der Waals surface area (Å²) < 4.78 is 5.44. The summed E-state index contributed by atoms with van der Waals surface area (Å²) >= 11 is 6.21. The topological polar surface area (TPSA) is 37.4 Å². The van der Waals surface area contributed by atoms with Gasteiger partial charge < -0.3 is 15.0 Å². The number of halogens is 1. The van der Waals surface area contributed by atoms with Crippen molar-refractivity contribution in [3.05, 3.63) is 53.2 Å². The van der Waals surface area contributed by atoms with Gasteiger partial charge in [0.2, 0.25) is 0 Å². The molecular weight excluding hydrogens is 334 g/mol. The van der Waals surface area contributed by atoms with Crippen LogP contribution in [-0.2, 0) is 10.2 Å². The molecule has 1 saturated carbocycles. The molecule has 0 atom stereocenters. The summed E-state index contributed by atoms with van der Waals surface area (Å²) in [7, 11) is 0. The average Bonchev–Trinajstić information content (AvgIpc) is 2.62. The SMILES string of the molecule is Clc1cccc(C2(CNc3cc(N4CCOCC4)ccn3)CCC2)c1. The van der Waals surface area contributed by atoms with E-state index in [1.807, 2.05) is 12.3 Å². The molecule has 0 bridgehead atoms. The van der Waals surface area contributed by atoms with E-state index in [0.717, 1.165) is 43.7 Å². The third-order valence-corrected chi connectivity index (χ3v) is 5.71. The van der Waals surface area contributed by atoms with Crippen LogP contribution in [0.4, 0.5) is 11.5 Å². The van der Waals surface area contributed by atoms with Gasteiger partial charge in [-0.05, 0) is 36.6 Å². The Balaban J connectivity index is 1.47. The molecule has 0 unspecified atom stereocenters. The van der Waals surface area contributed by atoms with E-state index in [1.54, 1.807) is 0 Å². The van der Waals surface area contributed by atoms with E-state index in [2.05, 4.69) is 45.5 Å². The highest BCUT2D eigenvalue weighted by molar-refractivity contribution is 6.30. The second kappa shape index (κ2) is 7.22. The van der Waals surface area contributed by atoms with Crippen LogP contribution in [0.15, 0.2) is 42.6 Å². The largest absolute Gasteiger partial charge is 0.378 e. The third-order valence-electron chi connectivity index (χ3n) is 5.48. The maximum atomic E-state index is 6.21. The zero-order valence-electron chi connectivity index (χ0n) is 14.4. The number of hydrogen-bond acceptors (Lipinski definition) is 4. The fraction of sp³-hybridized carbons (Fsp3) is 0.450. The van der Waals surface area contributed by atoms with E-state index < -0.39 is 0 Å². The lowest BCUT2D eigenvalue weighted by Crippen LogP contribution is -2.41. The number of pyridine rings is 1. The van der Waals surface area contributed by atoms with Crippen molar-refractivity contribution in [3.63, 3.8) is 0 Å². The molecule has 2 fully saturated rings. The van der Waals surface area contributed by atoms with E-state index in [4.69, 9.17) is 16.3 Å². The molecule has 4 rings (SSSR count). The summed E-state index contributed by atoms with van der Waals surface area (Å²) in [5, 5.41) is 4.39. The van der Waals surface area contributed by atoms with Gasteiger partial charge in [-0.15, -0.1) is 0 Å². The Hall–Kier alpha value is -1.78. The van der Waals surface area contributed by atoms with Crippen LogP contribution >= 0.6 is 11.6 Å². The van der Waals surface area contributed by atoms with Crippen molar-refractivity contribution in [1.29, 1.82) is 0 Å². The van der Waals surface area contributed by atoms with Crippen LogP contribution in [0.25, 0.3) is 0 Å². The highest BCUT2D eigenvalue weighted by Crippen LogP contribution is 2.44. The maximum absolute atomic E-state index is 6.21. The second-order valence-corrected chi connectivity index (χ2v) is 7.43. The number of aromatic nitrogens is 1. The van der Waals surface area contributed by atoms with Gasteiger partial charge in [-0.3, -0.25) is 0 Å². The number of nitrogens with one attached hydrogen (secondary N) is 1. The van der Waals surface area contributed by atoms with Crippen LogP contribution in [-0.4, -0.2) is 37.8 Å². The van der Waals surface area contributed by atoms with Gasteiger partial charge in [-0.1, -0.05) is 30.2 Å². The van der Waals surface area contributed by atoms with Crippen LogP contribution in [0.2, 0.25) is 5.02 Å². The van der Waals surface area contributed by atoms with Crippen LogP contribution in [0.5, 0.6) is 0 Å². The van der Waals surface area contributed by atoms with Crippen molar-refractivity contribution in [3.8, 4) is 0 Å². The Morgan fingerprint density at radius 2 is 2.00 bits per heavy atom. The molecule has 1 aliphatic heterocycles. The van der Waals surface area contributed by atoms with Gasteiger partial charge in [0.25, 0.3) is 0 Å². The van der Waals surface area contributed by atoms with Crippen molar-refractivity contribution in [2.24, 2.45) is 0 Å². The monoisotopic (exact) mass is 357 g/mol. The fourth-order valence-corrected chi connectivity index (χ4v) is 3.97. The highest BCUT2D eigenvalue weighted by Gasteiger charge is 2.38. The zero-order valence-corrected chi connectivity index (χ0v) is 15.1. The lowest BCUT2D eigenvalue weighted by atomic mass is 9.64. The number of nitrogens with zero attached hydrogens (tertiary/aromatic N) is 2. The van der Waals surface area contributed by atoms with Crippen LogP contribution in [0.3, 0.4) is 0 Å². The molecule has 2 heterocycles. The zero-order chi connectivity index (χ0) is 17.1. The van der Waals surface area contributed by atoms with Gasteiger partial charge >= 0.3 is 0 Å². The molecule has 1 aliphatic carbocycles. The first-order valence-corrected chi connectivity index (χ1v) is 9.42. The Morgan fingerprint density at radius 1 is 1.16 bits per heavy atom. The van der Waals surface area contributed by atoms with Crippen LogP contribution in [0, 0.1) is 0 Å². The average molecular weight is 358 g/mol. The van der Waals surface area contributed by atoms with Gasteiger partial charge in [0.15, 0.2) is 0 Å². The second-order valence-electron chi connectivity index (χ2n) is 7.00. The number of anilines is 2. The van der Waals surface area contributed by atoms with E-state index in [1.165, 1.54) is 30.5 Å². The summed E-state index contributed by atoms with van der Waals surface area (Å²) in [5.74, 6) is 0.942. The Kier molecular flexibility index (Phi) is 4.82. The lowest BCUT2D eigenvalue weighted by Gasteiger charge is -2.43. The Labute approximate surface area is 154 Å². The summed E-state index contributed by atoms with van der Waals surface area (Å²) in [6, 6.07) is 12.5. The minimum absolute atomic E-state index is 0.182. The van der Waals surface area contributed by atoms with Crippen molar-refractivity contribution >= 4 is 23.1 Å². The van der Waals surface area contributed by atoms with Gasteiger partial charge in [0, 0.05) is 48.0 Å². The first-order valence-electron chi connectivity index (χ1n) is 9.04. The smallest absolute Gasteiger partial charge is 0.127 e. The van der Waals surface area contributed by atoms with Crippen LogP contribution < -0.4 is 10.2 Å². The third kappa shape index (κ3) is 3.60. The molecule has 0 amide bonds. The van der Waals surface area contributed by atoms with Gasteiger partial charge in [-0.2, -0.15) is 0 Å². The lowest BCUT2D eigenvalue weighted by molar-refractivity contribution is 0.122. The van der Waals surface area contributed by atoms with Gasteiger partial charge in [0.05, 0.1) is 13.2 Å². The van der Waals surface area contributed by atoms with E-state index in [-0.39, 0.29) is 5.41 Å².